The van der Waals surface area contributed by atoms with E-state index >= 15 is 0 Å². The van der Waals surface area contributed by atoms with Crippen molar-refractivity contribution in [1.82, 2.24) is 24.5 Å². The molecule has 13 heteroatoms. The van der Waals surface area contributed by atoms with Crippen LogP contribution in [0.3, 0.4) is 0 Å². The molecule has 1 amide bonds. The number of amides is 1. The van der Waals surface area contributed by atoms with Crippen LogP contribution >= 0.6 is 0 Å². The lowest BCUT2D eigenvalue weighted by atomic mass is 9.97. The number of nitrogens with zero attached hydrogens (tertiary/aromatic N) is 6. The fraction of sp³-hybridized carbons (Fsp3) is 0.400. The number of carbonyl (C=O) groups excluding carboxylic acids is 1. The number of aromatic nitrogens is 4. The van der Waals surface area contributed by atoms with Gasteiger partial charge in [0.2, 0.25) is 10.0 Å². The molecule has 5 heterocycles. The Kier molecular flexibility index (Phi) is 8.03. The van der Waals surface area contributed by atoms with Crippen molar-refractivity contribution in [3.8, 4) is 16.8 Å². The first-order chi connectivity index (χ1) is 20.7. The van der Waals surface area contributed by atoms with Gasteiger partial charge in [0.05, 0.1) is 49.5 Å². The Morgan fingerprint density at radius 3 is 2.19 bits per heavy atom. The smallest absolute Gasteiger partial charge is 0.283 e. The molecule has 3 aromatic heterocycles. The van der Waals surface area contributed by atoms with E-state index in [1.807, 2.05) is 24.3 Å². The van der Waals surface area contributed by atoms with Gasteiger partial charge < -0.3 is 19.3 Å². The van der Waals surface area contributed by atoms with Crippen molar-refractivity contribution >= 4 is 38.5 Å². The summed E-state index contributed by atoms with van der Waals surface area (Å²) in [5.74, 6) is 0.0202. The van der Waals surface area contributed by atoms with Gasteiger partial charge >= 0.3 is 0 Å². The summed E-state index contributed by atoms with van der Waals surface area (Å²) < 4.78 is 38.7. The lowest BCUT2D eigenvalue weighted by Gasteiger charge is -2.29. The standard InChI is InChI=1S/C30H35N7O5S/c1-20(2)28-27-24(21-4-6-22(7-5-21)35-10-14-41-15-11-35)19-25(30(38)34-43(3,39)40)32-29(27)37(33-28)23-8-9-31-26(18-23)36-12-16-42-17-13-36/h4-9,18-20H,10-17H2,1-3H3,(H,34,38). The van der Waals surface area contributed by atoms with Crippen LogP contribution in [-0.2, 0) is 19.5 Å². The summed E-state index contributed by atoms with van der Waals surface area (Å²) >= 11 is 0. The molecule has 0 saturated carbocycles. The molecule has 2 aliphatic rings. The van der Waals surface area contributed by atoms with E-state index in [0.717, 1.165) is 71.8 Å². The highest BCUT2D eigenvalue weighted by atomic mass is 32.2. The van der Waals surface area contributed by atoms with Crippen LogP contribution in [0.25, 0.3) is 27.8 Å². The number of anilines is 2. The van der Waals surface area contributed by atoms with Gasteiger partial charge in [-0.3, -0.25) is 4.79 Å². The molecule has 0 radical (unpaired) electrons. The van der Waals surface area contributed by atoms with Gasteiger partial charge in [-0.05, 0) is 41.3 Å². The highest BCUT2D eigenvalue weighted by Gasteiger charge is 2.25. The molecule has 0 unspecified atom stereocenters. The van der Waals surface area contributed by atoms with E-state index in [1.54, 1.807) is 16.9 Å². The van der Waals surface area contributed by atoms with E-state index in [-0.39, 0.29) is 11.6 Å². The van der Waals surface area contributed by atoms with Gasteiger partial charge in [0, 0.05) is 44.1 Å². The SMILES string of the molecule is CC(C)c1nn(-c2ccnc(N3CCOCC3)c2)c2nc(C(=O)NS(C)(=O)=O)cc(-c3ccc(N4CCOCC4)cc3)c12. The number of nitrogens with one attached hydrogen (secondary N) is 1. The van der Waals surface area contributed by atoms with E-state index in [0.29, 0.717) is 32.1 Å². The van der Waals surface area contributed by atoms with Crippen LogP contribution in [0.15, 0.2) is 48.7 Å². The molecule has 4 aromatic rings. The minimum absolute atomic E-state index is 0.0240. The number of sulfonamides is 1. The molecular weight excluding hydrogens is 570 g/mol. The average Bonchev–Trinajstić information content (AvgIpc) is 3.41. The van der Waals surface area contributed by atoms with Gasteiger partial charge in [0.25, 0.3) is 5.91 Å². The first-order valence-corrected chi connectivity index (χ1v) is 16.2. The predicted molar refractivity (Wildman–Crippen MR) is 165 cm³/mol. The predicted octanol–water partition coefficient (Wildman–Crippen LogP) is 2.97. The minimum atomic E-state index is -3.81. The van der Waals surface area contributed by atoms with Crippen LogP contribution in [0, 0.1) is 0 Å². The van der Waals surface area contributed by atoms with E-state index in [9.17, 15) is 13.2 Å². The zero-order chi connectivity index (χ0) is 30.1. The van der Waals surface area contributed by atoms with Gasteiger partial charge in [-0.15, -0.1) is 0 Å². The Morgan fingerprint density at radius 1 is 0.907 bits per heavy atom. The molecule has 1 N–H and O–H groups in total. The molecule has 226 valence electrons. The third-order valence-corrected chi connectivity index (χ3v) is 8.14. The summed E-state index contributed by atoms with van der Waals surface area (Å²) in [6.07, 6.45) is 2.67. The number of ether oxygens (including phenoxy) is 2. The molecule has 1 aromatic carbocycles. The van der Waals surface area contributed by atoms with Crippen LogP contribution in [0.4, 0.5) is 11.5 Å². The van der Waals surface area contributed by atoms with Crippen LogP contribution in [0.2, 0.25) is 0 Å². The van der Waals surface area contributed by atoms with Crippen LogP contribution in [0.5, 0.6) is 0 Å². The summed E-state index contributed by atoms with van der Waals surface area (Å²) in [7, 11) is -3.81. The molecule has 0 aliphatic carbocycles. The van der Waals surface area contributed by atoms with Crippen molar-refractivity contribution in [3.63, 3.8) is 0 Å². The summed E-state index contributed by atoms with van der Waals surface area (Å²) in [6.45, 7) is 9.84. The van der Waals surface area contributed by atoms with Crippen molar-refractivity contribution < 1.29 is 22.7 Å². The monoisotopic (exact) mass is 605 g/mol. The van der Waals surface area contributed by atoms with Crippen molar-refractivity contribution in [2.75, 3.05) is 68.7 Å². The Hall–Kier alpha value is -4.07. The maximum absolute atomic E-state index is 13.2. The molecular formula is C30H35N7O5S. The van der Waals surface area contributed by atoms with E-state index in [2.05, 4.69) is 45.5 Å². The maximum Gasteiger partial charge on any atom is 0.283 e. The molecule has 6 rings (SSSR count). The number of rotatable bonds is 7. The number of benzene rings is 1. The van der Waals surface area contributed by atoms with Gasteiger partial charge in [0.15, 0.2) is 5.65 Å². The third kappa shape index (κ3) is 6.19. The molecule has 0 spiro atoms. The number of fused-ring (bicyclic) bond motifs is 1. The zero-order valence-electron chi connectivity index (χ0n) is 24.5. The Morgan fingerprint density at radius 2 is 1.56 bits per heavy atom. The topological polar surface area (TPSA) is 132 Å². The number of pyridine rings is 2. The Bertz CT molecular complexity index is 1740. The third-order valence-electron chi connectivity index (χ3n) is 7.59. The van der Waals surface area contributed by atoms with Crippen molar-refractivity contribution in [2.45, 2.75) is 19.8 Å². The summed E-state index contributed by atoms with van der Waals surface area (Å²) in [5.41, 5.74) is 4.67. The maximum atomic E-state index is 13.2. The second-order valence-electron chi connectivity index (χ2n) is 11.0. The zero-order valence-corrected chi connectivity index (χ0v) is 25.3. The lowest BCUT2D eigenvalue weighted by molar-refractivity contribution is 0.0977. The number of carbonyl (C=O) groups is 1. The first-order valence-electron chi connectivity index (χ1n) is 14.4. The van der Waals surface area contributed by atoms with Gasteiger partial charge in [-0.1, -0.05) is 26.0 Å². The number of hydrogen-bond acceptors (Lipinski definition) is 10. The fourth-order valence-corrected chi connectivity index (χ4v) is 5.91. The Labute approximate surface area is 250 Å². The molecule has 12 nitrogen and oxygen atoms in total. The van der Waals surface area contributed by atoms with Crippen LogP contribution < -0.4 is 14.5 Å². The van der Waals surface area contributed by atoms with Gasteiger partial charge in [-0.2, -0.15) is 5.10 Å². The minimum Gasteiger partial charge on any atom is -0.378 e. The number of hydrogen-bond donors (Lipinski definition) is 1. The molecule has 2 aliphatic heterocycles. The van der Waals surface area contributed by atoms with Crippen molar-refractivity contribution in [3.05, 3.63) is 60.0 Å². The molecule has 0 atom stereocenters. The highest BCUT2D eigenvalue weighted by Crippen LogP contribution is 2.36. The summed E-state index contributed by atoms with van der Waals surface area (Å²) in [4.78, 5) is 26.9. The largest absolute Gasteiger partial charge is 0.378 e. The molecule has 0 bridgehead atoms. The van der Waals surface area contributed by atoms with Gasteiger partial charge in [-0.25, -0.2) is 27.8 Å². The average molecular weight is 606 g/mol. The number of morpholine rings is 2. The summed E-state index contributed by atoms with van der Waals surface area (Å²) in [6, 6.07) is 13.6. The molecule has 43 heavy (non-hydrogen) atoms. The summed E-state index contributed by atoms with van der Waals surface area (Å²) in [5, 5.41) is 5.81. The Balaban J connectivity index is 1.52. The highest BCUT2D eigenvalue weighted by molar-refractivity contribution is 7.89. The second-order valence-corrected chi connectivity index (χ2v) is 12.8. The van der Waals surface area contributed by atoms with Crippen molar-refractivity contribution in [2.24, 2.45) is 0 Å². The van der Waals surface area contributed by atoms with E-state index in [1.165, 1.54) is 0 Å². The van der Waals surface area contributed by atoms with E-state index < -0.39 is 15.9 Å². The lowest BCUT2D eigenvalue weighted by Crippen LogP contribution is -2.36. The molecule has 2 saturated heterocycles. The van der Waals surface area contributed by atoms with Crippen LogP contribution in [0.1, 0.15) is 35.9 Å². The normalized spacial score (nSPS) is 16.2. The van der Waals surface area contributed by atoms with Gasteiger partial charge in [0.1, 0.15) is 11.5 Å². The quantitative estimate of drug-likeness (QED) is 0.335. The first kappa shape index (κ1) is 29.0. The molecule has 2 fully saturated rings. The second kappa shape index (κ2) is 11.9. The van der Waals surface area contributed by atoms with Crippen LogP contribution in [-0.4, -0.2) is 92.9 Å². The van der Waals surface area contributed by atoms with E-state index in [4.69, 9.17) is 19.6 Å². The fourth-order valence-electron chi connectivity index (χ4n) is 5.47. The van der Waals surface area contributed by atoms with Crippen molar-refractivity contribution in [1.29, 1.82) is 0 Å².